The van der Waals surface area contributed by atoms with Crippen LogP contribution in [-0.4, -0.2) is 78.2 Å². The van der Waals surface area contributed by atoms with Crippen LogP contribution < -0.4 is 16.8 Å². The molecule has 0 heterocycles. The van der Waals surface area contributed by atoms with E-state index in [1.54, 1.807) is 0 Å². The number of nitrogens with one attached hydrogen (secondary N) is 1. The Morgan fingerprint density at radius 2 is 2.00 bits per heavy atom. The lowest BCUT2D eigenvalue weighted by atomic mass is 10.0. The van der Waals surface area contributed by atoms with Crippen molar-refractivity contribution in [3.8, 4) is 0 Å². The Morgan fingerprint density at radius 1 is 1.36 bits per heavy atom. The fraction of sp³-hybridized carbons (Fsp3) is 0.846. The molecule has 22 heavy (non-hydrogen) atoms. The van der Waals surface area contributed by atoms with Crippen molar-refractivity contribution in [2.75, 3.05) is 20.2 Å². The zero-order chi connectivity index (χ0) is 17.1. The van der Waals surface area contributed by atoms with Crippen LogP contribution in [0.5, 0.6) is 0 Å². The van der Waals surface area contributed by atoms with Crippen LogP contribution in [0.25, 0.3) is 0 Å². The minimum Gasteiger partial charge on any atom is -0.456 e. The summed E-state index contributed by atoms with van der Waals surface area (Å²) in [6, 6.07) is -1.96. The molecule has 0 aromatic carbocycles. The molecule has 9 nitrogen and oxygen atoms in total. The second-order valence-corrected chi connectivity index (χ2v) is 4.98. The van der Waals surface area contributed by atoms with Gasteiger partial charge < -0.3 is 41.6 Å². The van der Waals surface area contributed by atoms with E-state index in [2.05, 4.69) is 5.32 Å². The molecule has 130 valence electrons. The summed E-state index contributed by atoms with van der Waals surface area (Å²) >= 11 is 0. The van der Waals surface area contributed by atoms with Crippen LogP contribution in [0.3, 0.4) is 0 Å². The predicted octanol–water partition coefficient (Wildman–Crippen LogP) is -3.14. The summed E-state index contributed by atoms with van der Waals surface area (Å²) in [5.74, 6) is -0.798. The fourth-order valence-electron chi connectivity index (χ4n) is 1.84. The minimum absolute atomic E-state index is 0.354. The van der Waals surface area contributed by atoms with Gasteiger partial charge in [-0.05, 0) is 26.4 Å². The Morgan fingerprint density at radius 3 is 2.45 bits per heavy atom. The number of carbonyl (C=O) groups excluding carboxylic acids is 2. The van der Waals surface area contributed by atoms with Gasteiger partial charge in [0.05, 0.1) is 6.61 Å². The Bertz CT molecular complexity index is 331. The molecule has 0 aliphatic carbocycles. The molecule has 8 N–H and O–H groups in total. The number of carbonyl (C=O) groups is 2. The molecule has 0 radical (unpaired) electrons. The SMILES string of the molecule is CN[C@@H](C=O)[C@@H](OC(=O)[C@@H](N)CCCCN)[C@H](O)[C@H](O)CO. The van der Waals surface area contributed by atoms with Crippen LogP contribution in [0, 0.1) is 0 Å². The number of hydrogen-bond donors (Lipinski definition) is 6. The molecule has 0 spiro atoms. The zero-order valence-corrected chi connectivity index (χ0v) is 12.7. The monoisotopic (exact) mass is 321 g/mol. The van der Waals surface area contributed by atoms with Crippen molar-refractivity contribution >= 4 is 12.3 Å². The van der Waals surface area contributed by atoms with Crippen LogP contribution in [0.15, 0.2) is 0 Å². The highest BCUT2D eigenvalue weighted by atomic mass is 16.6. The van der Waals surface area contributed by atoms with Gasteiger partial charge in [-0.2, -0.15) is 0 Å². The number of aliphatic hydroxyl groups excluding tert-OH is 3. The number of nitrogens with two attached hydrogens (primary N) is 2. The molecular weight excluding hydrogens is 294 g/mol. The highest BCUT2D eigenvalue weighted by molar-refractivity contribution is 5.76. The summed E-state index contributed by atoms with van der Waals surface area (Å²) in [4.78, 5) is 22.9. The van der Waals surface area contributed by atoms with Gasteiger partial charge in [-0.15, -0.1) is 0 Å². The quantitative estimate of drug-likeness (QED) is 0.123. The van der Waals surface area contributed by atoms with E-state index in [0.717, 1.165) is 0 Å². The molecule has 9 heteroatoms. The smallest absolute Gasteiger partial charge is 0.323 e. The second kappa shape index (κ2) is 11.5. The summed E-state index contributed by atoms with van der Waals surface area (Å²) < 4.78 is 5.06. The highest BCUT2D eigenvalue weighted by Gasteiger charge is 2.36. The molecular formula is C13H27N3O6. The Labute approximate surface area is 129 Å². The average Bonchev–Trinajstić information content (AvgIpc) is 2.53. The van der Waals surface area contributed by atoms with Crippen molar-refractivity contribution < 1.29 is 29.6 Å². The molecule has 0 saturated carbocycles. The first-order valence-corrected chi connectivity index (χ1v) is 7.18. The van der Waals surface area contributed by atoms with Crippen molar-refractivity contribution in [1.29, 1.82) is 0 Å². The van der Waals surface area contributed by atoms with Gasteiger partial charge in [0.15, 0.2) is 6.10 Å². The number of ether oxygens (including phenoxy) is 1. The number of aliphatic hydroxyl groups is 3. The maximum Gasteiger partial charge on any atom is 0.323 e. The van der Waals surface area contributed by atoms with Gasteiger partial charge in [0.2, 0.25) is 0 Å². The molecule has 0 aromatic heterocycles. The number of rotatable bonds is 12. The molecule has 0 rings (SSSR count). The minimum atomic E-state index is -1.63. The third-order valence-electron chi connectivity index (χ3n) is 3.28. The molecule has 0 aliphatic rings. The van der Waals surface area contributed by atoms with Crippen molar-refractivity contribution in [3.05, 3.63) is 0 Å². The molecule has 0 amide bonds. The van der Waals surface area contributed by atoms with E-state index in [1.807, 2.05) is 0 Å². The largest absolute Gasteiger partial charge is 0.456 e. The normalized spacial score (nSPS) is 18.1. The first-order chi connectivity index (χ1) is 10.4. The second-order valence-electron chi connectivity index (χ2n) is 4.98. The van der Waals surface area contributed by atoms with E-state index in [1.165, 1.54) is 7.05 Å². The van der Waals surface area contributed by atoms with Crippen molar-refractivity contribution in [1.82, 2.24) is 5.32 Å². The first kappa shape index (κ1) is 20.9. The first-order valence-electron chi connectivity index (χ1n) is 7.18. The van der Waals surface area contributed by atoms with E-state index < -0.39 is 43.0 Å². The van der Waals surface area contributed by atoms with Crippen molar-refractivity contribution in [2.24, 2.45) is 11.5 Å². The molecule has 0 unspecified atom stereocenters. The van der Waals surface area contributed by atoms with Crippen molar-refractivity contribution in [2.45, 2.75) is 49.7 Å². The van der Waals surface area contributed by atoms with Gasteiger partial charge in [0.25, 0.3) is 0 Å². The zero-order valence-electron chi connectivity index (χ0n) is 12.7. The van der Waals surface area contributed by atoms with Gasteiger partial charge in [0.1, 0.15) is 30.6 Å². The molecule has 0 bridgehead atoms. The molecule has 5 atom stereocenters. The molecule has 0 aliphatic heterocycles. The summed E-state index contributed by atoms with van der Waals surface area (Å²) in [6.07, 6.45) is -2.41. The lowest BCUT2D eigenvalue weighted by Crippen LogP contribution is -2.54. The third kappa shape index (κ3) is 6.77. The molecule has 0 saturated heterocycles. The molecule has 0 aromatic rings. The van der Waals surface area contributed by atoms with Crippen LogP contribution >= 0.6 is 0 Å². The maximum atomic E-state index is 11.9. The lowest BCUT2D eigenvalue weighted by molar-refractivity contribution is -0.166. The summed E-state index contributed by atoms with van der Waals surface area (Å²) in [7, 11) is 1.43. The van der Waals surface area contributed by atoms with Gasteiger partial charge in [-0.25, -0.2) is 0 Å². The van der Waals surface area contributed by atoms with E-state index in [0.29, 0.717) is 32.1 Å². The Kier molecular flexibility index (Phi) is 10.9. The van der Waals surface area contributed by atoms with E-state index >= 15 is 0 Å². The Balaban J connectivity index is 4.81. The number of likely N-dealkylation sites (N-methyl/N-ethyl adjacent to an activating group) is 1. The Hall–Kier alpha value is -1.10. The predicted molar refractivity (Wildman–Crippen MR) is 78.8 cm³/mol. The van der Waals surface area contributed by atoms with Crippen LogP contribution in [0.2, 0.25) is 0 Å². The van der Waals surface area contributed by atoms with Crippen molar-refractivity contribution in [3.63, 3.8) is 0 Å². The van der Waals surface area contributed by atoms with Gasteiger partial charge in [-0.3, -0.25) is 4.79 Å². The fourth-order valence-corrected chi connectivity index (χ4v) is 1.84. The number of unbranched alkanes of at least 4 members (excludes halogenated alkanes) is 1. The summed E-state index contributed by atoms with van der Waals surface area (Å²) in [5.41, 5.74) is 11.0. The standard InChI is InChI=1S/C13H27N3O6/c1-16-9(6-17)12(11(20)10(19)7-18)22-13(21)8(15)4-2-3-5-14/h6,8-12,16,18-20H,2-5,7,14-15H2,1H3/t8-,9-,10+,11+,12+/m0/s1. The number of hydrogen-bond acceptors (Lipinski definition) is 9. The number of aldehydes is 1. The highest BCUT2D eigenvalue weighted by Crippen LogP contribution is 2.11. The third-order valence-corrected chi connectivity index (χ3v) is 3.28. The summed E-state index contributed by atoms with van der Waals surface area (Å²) in [5, 5.41) is 30.8. The van der Waals surface area contributed by atoms with Crippen LogP contribution in [-0.2, 0) is 14.3 Å². The lowest BCUT2D eigenvalue weighted by Gasteiger charge is -2.30. The van der Waals surface area contributed by atoms with E-state index in [4.69, 9.17) is 21.3 Å². The average molecular weight is 321 g/mol. The van der Waals surface area contributed by atoms with Gasteiger partial charge in [0, 0.05) is 0 Å². The van der Waals surface area contributed by atoms with Crippen LogP contribution in [0.4, 0.5) is 0 Å². The summed E-state index contributed by atoms with van der Waals surface area (Å²) in [6.45, 7) is -0.258. The molecule has 0 fully saturated rings. The van der Waals surface area contributed by atoms with Gasteiger partial charge >= 0.3 is 5.97 Å². The topological polar surface area (TPSA) is 168 Å². The van der Waals surface area contributed by atoms with Gasteiger partial charge in [-0.1, -0.05) is 6.42 Å². The number of esters is 1. The maximum absolute atomic E-state index is 11.9. The van der Waals surface area contributed by atoms with E-state index in [-0.39, 0.29) is 0 Å². The van der Waals surface area contributed by atoms with Crippen LogP contribution in [0.1, 0.15) is 19.3 Å². The van der Waals surface area contributed by atoms with E-state index in [9.17, 15) is 19.8 Å².